The molecule has 80 valence electrons. The molecule has 0 aliphatic carbocycles. The summed E-state index contributed by atoms with van der Waals surface area (Å²) in [6.45, 7) is 0. The van der Waals surface area contributed by atoms with Crippen molar-refractivity contribution in [3.63, 3.8) is 0 Å². The van der Waals surface area contributed by atoms with Crippen molar-refractivity contribution in [3.8, 4) is 0 Å². The predicted octanol–water partition coefficient (Wildman–Crippen LogP) is 1.90. The van der Waals surface area contributed by atoms with Crippen LogP contribution in [0.2, 0.25) is 0 Å². The Bertz CT molecular complexity index is 577. The van der Waals surface area contributed by atoms with Crippen molar-refractivity contribution in [2.45, 2.75) is 4.90 Å². The summed E-state index contributed by atoms with van der Waals surface area (Å²) in [5.41, 5.74) is 0.544. The molecule has 2 rings (SSSR count). The molecular formula is C9H8ClNO3S. The normalized spacial score (nSPS) is 11.0. The summed E-state index contributed by atoms with van der Waals surface area (Å²) in [6.07, 6.45) is 1.57. The Kier molecular flexibility index (Phi) is 3.28. The molecule has 6 heteroatoms. The Morgan fingerprint density at radius 2 is 1.87 bits per heavy atom. The zero-order valence-electron chi connectivity index (χ0n) is 7.49. The fourth-order valence-electron chi connectivity index (χ4n) is 1.30. The monoisotopic (exact) mass is 245 g/mol. The van der Waals surface area contributed by atoms with Gasteiger partial charge >= 0.3 is 0 Å². The molecule has 0 bridgehead atoms. The highest BCUT2D eigenvalue weighted by Crippen LogP contribution is 2.20. The SMILES string of the molecule is Cl.O=S(=O)(O)c1cccc2ncccc12. The smallest absolute Gasteiger partial charge is 0.282 e. The maximum atomic E-state index is 11.0. The lowest BCUT2D eigenvalue weighted by molar-refractivity contribution is 0.484. The molecule has 0 unspecified atom stereocenters. The Balaban J connectivity index is 0.00000112. The standard InChI is InChI=1S/C9H7NO3S.ClH/c11-14(12,13)9-5-1-4-8-7(9)3-2-6-10-8;/h1-6H,(H,11,12,13);1H. The van der Waals surface area contributed by atoms with Crippen LogP contribution in [-0.2, 0) is 10.1 Å². The fraction of sp³-hybridized carbons (Fsp3) is 0. The highest BCUT2D eigenvalue weighted by Gasteiger charge is 2.12. The molecule has 1 aromatic carbocycles. The van der Waals surface area contributed by atoms with Gasteiger partial charge in [0.25, 0.3) is 10.1 Å². The van der Waals surface area contributed by atoms with Crippen LogP contribution in [-0.4, -0.2) is 18.0 Å². The third-order valence-corrected chi connectivity index (χ3v) is 2.80. The summed E-state index contributed by atoms with van der Waals surface area (Å²) in [6, 6.07) is 7.80. The van der Waals surface area contributed by atoms with E-state index in [-0.39, 0.29) is 17.3 Å². The van der Waals surface area contributed by atoms with Gasteiger partial charge in [-0.25, -0.2) is 0 Å². The number of aromatic nitrogens is 1. The molecule has 4 nitrogen and oxygen atoms in total. The second-order valence-corrected chi connectivity index (χ2v) is 4.19. The first kappa shape index (κ1) is 11.9. The first-order valence-corrected chi connectivity index (χ1v) is 5.34. The molecule has 0 aliphatic rings. The van der Waals surface area contributed by atoms with Gasteiger partial charge < -0.3 is 0 Å². The van der Waals surface area contributed by atoms with Crippen LogP contribution < -0.4 is 0 Å². The molecule has 0 spiro atoms. The largest absolute Gasteiger partial charge is 0.295 e. The maximum absolute atomic E-state index is 11.0. The van der Waals surface area contributed by atoms with E-state index in [9.17, 15) is 8.42 Å². The number of hydrogen-bond donors (Lipinski definition) is 1. The van der Waals surface area contributed by atoms with Crippen molar-refractivity contribution in [2.24, 2.45) is 0 Å². The van der Waals surface area contributed by atoms with E-state index in [4.69, 9.17) is 4.55 Å². The summed E-state index contributed by atoms with van der Waals surface area (Å²) in [5, 5.41) is 0.428. The molecule has 0 fully saturated rings. The van der Waals surface area contributed by atoms with Gasteiger partial charge in [0.15, 0.2) is 0 Å². The number of nitrogens with zero attached hydrogens (tertiary/aromatic N) is 1. The molecular weight excluding hydrogens is 238 g/mol. The van der Waals surface area contributed by atoms with E-state index in [0.29, 0.717) is 10.9 Å². The molecule has 0 atom stereocenters. The highest BCUT2D eigenvalue weighted by molar-refractivity contribution is 7.86. The first-order valence-electron chi connectivity index (χ1n) is 3.90. The number of benzene rings is 1. The molecule has 1 N–H and O–H groups in total. The van der Waals surface area contributed by atoms with Crippen molar-refractivity contribution in [1.82, 2.24) is 4.98 Å². The van der Waals surface area contributed by atoms with Crippen LogP contribution in [0.15, 0.2) is 41.4 Å². The minimum atomic E-state index is -4.17. The van der Waals surface area contributed by atoms with E-state index in [1.54, 1.807) is 30.5 Å². The summed E-state index contributed by atoms with van der Waals surface area (Å²) in [4.78, 5) is 3.87. The summed E-state index contributed by atoms with van der Waals surface area (Å²) in [5.74, 6) is 0. The van der Waals surface area contributed by atoms with Gasteiger partial charge in [0.2, 0.25) is 0 Å². The molecule has 0 saturated heterocycles. The minimum absolute atomic E-state index is 0. The second-order valence-electron chi connectivity index (χ2n) is 2.80. The van der Waals surface area contributed by atoms with E-state index >= 15 is 0 Å². The molecule has 0 radical (unpaired) electrons. The van der Waals surface area contributed by atoms with Gasteiger partial charge in [-0.1, -0.05) is 6.07 Å². The Morgan fingerprint density at radius 1 is 1.13 bits per heavy atom. The van der Waals surface area contributed by atoms with Crippen LogP contribution >= 0.6 is 12.4 Å². The number of fused-ring (bicyclic) bond motifs is 1. The molecule has 2 aromatic rings. The second kappa shape index (κ2) is 4.14. The lowest BCUT2D eigenvalue weighted by Crippen LogP contribution is -1.98. The lowest BCUT2D eigenvalue weighted by atomic mass is 10.2. The highest BCUT2D eigenvalue weighted by atomic mass is 35.5. The van der Waals surface area contributed by atoms with E-state index in [2.05, 4.69) is 4.98 Å². The van der Waals surface area contributed by atoms with Crippen LogP contribution in [0, 0.1) is 0 Å². The van der Waals surface area contributed by atoms with Gasteiger partial charge in [-0.05, 0) is 24.3 Å². The topological polar surface area (TPSA) is 67.3 Å². The quantitative estimate of drug-likeness (QED) is 0.780. The third kappa shape index (κ3) is 2.26. The van der Waals surface area contributed by atoms with E-state index in [1.807, 2.05) is 0 Å². The van der Waals surface area contributed by atoms with Crippen molar-refractivity contribution < 1.29 is 13.0 Å². The minimum Gasteiger partial charge on any atom is -0.282 e. The van der Waals surface area contributed by atoms with Gasteiger partial charge in [-0.2, -0.15) is 8.42 Å². The molecule has 0 saturated carbocycles. The van der Waals surface area contributed by atoms with E-state index in [1.165, 1.54) is 6.07 Å². The summed E-state index contributed by atoms with van der Waals surface area (Å²) >= 11 is 0. The number of hydrogen-bond acceptors (Lipinski definition) is 3. The van der Waals surface area contributed by atoms with Gasteiger partial charge in [0, 0.05) is 11.6 Å². The number of rotatable bonds is 1. The van der Waals surface area contributed by atoms with Crippen LogP contribution in [0.4, 0.5) is 0 Å². The van der Waals surface area contributed by atoms with E-state index in [0.717, 1.165) is 0 Å². The molecule has 15 heavy (non-hydrogen) atoms. The maximum Gasteiger partial charge on any atom is 0.295 e. The average molecular weight is 246 g/mol. The van der Waals surface area contributed by atoms with Gasteiger partial charge in [0.05, 0.1) is 5.52 Å². The summed E-state index contributed by atoms with van der Waals surface area (Å²) < 4.78 is 30.9. The molecule has 0 aliphatic heterocycles. The average Bonchev–Trinajstić information content (AvgIpc) is 2.15. The van der Waals surface area contributed by atoms with Crippen LogP contribution in [0.1, 0.15) is 0 Å². The van der Waals surface area contributed by atoms with Crippen molar-refractivity contribution in [2.75, 3.05) is 0 Å². The Hall–Kier alpha value is -1.17. The van der Waals surface area contributed by atoms with Crippen molar-refractivity contribution in [1.29, 1.82) is 0 Å². The third-order valence-electron chi connectivity index (χ3n) is 1.88. The lowest BCUT2D eigenvalue weighted by Gasteiger charge is -2.01. The van der Waals surface area contributed by atoms with Gasteiger partial charge in [-0.15, -0.1) is 12.4 Å². The first-order chi connectivity index (χ1) is 6.59. The van der Waals surface area contributed by atoms with Gasteiger partial charge in [0.1, 0.15) is 4.90 Å². The van der Waals surface area contributed by atoms with E-state index < -0.39 is 10.1 Å². The predicted molar refractivity (Wildman–Crippen MR) is 58.8 cm³/mol. The zero-order valence-corrected chi connectivity index (χ0v) is 9.12. The molecule has 0 amide bonds. The van der Waals surface area contributed by atoms with Crippen LogP contribution in [0.25, 0.3) is 10.9 Å². The zero-order chi connectivity index (χ0) is 10.2. The van der Waals surface area contributed by atoms with Crippen LogP contribution in [0.3, 0.4) is 0 Å². The number of pyridine rings is 1. The molecule has 1 heterocycles. The van der Waals surface area contributed by atoms with Crippen LogP contribution in [0.5, 0.6) is 0 Å². The summed E-state index contributed by atoms with van der Waals surface area (Å²) in [7, 11) is -4.17. The Morgan fingerprint density at radius 3 is 2.53 bits per heavy atom. The Labute approximate surface area is 93.1 Å². The molecule has 1 aromatic heterocycles. The van der Waals surface area contributed by atoms with Crippen molar-refractivity contribution in [3.05, 3.63) is 36.5 Å². The van der Waals surface area contributed by atoms with Crippen molar-refractivity contribution >= 4 is 33.4 Å². The fourth-order valence-corrected chi connectivity index (χ4v) is 2.00. The number of halogens is 1. The van der Waals surface area contributed by atoms with Gasteiger partial charge in [-0.3, -0.25) is 9.54 Å².